The van der Waals surface area contributed by atoms with Crippen molar-refractivity contribution in [1.82, 2.24) is 0 Å². The molecule has 0 aliphatic carbocycles. The number of hydrogen-bond donors (Lipinski definition) is 1. The fraction of sp³-hybridized carbons (Fsp3) is 0.700. The van der Waals surface area contributed by atoms with E-state index in [4.69, 9.17) is 10.5 Å². The molecule has 8 heteroatoms. The minimum absolute atomic E-state index is 0.0322. The molecule has 0 saturated carbocycles. The standard InChI is InChI=1S/C10H17NO6S/c1-6(2)17-9(13)8(11)4-18-10(14)16-5-15-7(3)12/h6,8H,4-5,11H2,1-3H3/t8-/m0/s1. The van der Waals surface area contributed by atoms with E-state index >= 15 is 0 Å². The zero-order valence-electron chi connectivity index (χ0n) is 10.5. The maximum absolute atomic E-state index is 11.3. The molecule has 0 radical (unpaired) electrons. The van der Waals surface area contributed by atoms with E-state index in [0.717, 1.165) is 0 Å². The molecule has 0 aliphatic heterocycles. The molecule has 0 fully saturated rings. The van der Waals surface area contributed by atoms with E-state index in [2.05, 4.69) is 9.47 Å². The Morgan fingerprint density at radius 1 is 1.22 bits per heavy atom. The van der Waals surface area contributed by atoms with Crippen molar-refractivity contribution in [1.29, 1.82) is 0 Å². The van der Waals surface area contributed by atoms with Gasteiger partial charge < -0.3 is 19.9 Å². The lowest BCUT2D eigenvalue weighted by Crippen LogP contribution is -2.36. The van der Waals surface area contributed by atoms with Crippen molar-refractivity contribution in [2.75, 3.05) is 12.5 Å². The lowest BCUT2D eigenvalue weighted by molar-refractivity contribution is -0.149. The predicted octanol–water partition coefficient (Wildman–Crippen LogP) is 0.656. The Kier molecular flexibility index (Phi) is 8.14. The van der Waals surface area contributed by atoms with Crippen molar-refractivity contribution in [3.05, 3.63) is 0 Å². The van der Waals surface area contributed by atoms with Crippen LogP contribution in [0.25, 0.3) is 0 Å². The molecule has 0 rings (SSSR count). The van der Waals surface area contributed by atoms with E-state index in [1.807, 2.05) is 0 Å². The van der Waals surface area contributed by atoms with Gasteiger partial charge in [0, 0.05) is 12.7 Å². The molecular formula is C10H17NO6S. The first kappa shape index (κ1) is 16.7. The quantitative estimate of drug-likeness (QED) is 0.558. The highest BCUT2D eigenvalue weighted by Gasteiger charge is 2.18. The first-order chi connectivity index (χ1) is 8.32. The molecule has 7 nitrogen and oxygen atoms in total. The number of ether oxygens (including phenoxy) is 3. The van der Waals surface area contributed by atoms with Crippen LogP contribution in [0.2, 0.25) is 0 Å². The molecule has 0 spiro atoms. The molecule has 0 heterocycles. The summed E-state index contributed by atoms with van der Waals surface area (Å²) >= 11 is 0.713. The number of esters is 2. The first-order valence-electron chi connectivity index (χ1n) is 5.22. The van der Waals surface area contributed by atoms with Gasteiger partial charge in [-0.2, -0.15) is 0 Å². The third kappa shape index (κ3) is 8.82. The summed E-state index contributed by atoms with van der Waals surface area (Å²) in [5, 5.41) is -0.677. The second kappa shape index (κ2) is 8.76. The summed E-state index contributed by atoms with van der Waals surface area (Å²) in [6, 6.07) is -0.904. The van der Waals surface area contributed by atoms with E-state index in [1.165, 1.54) is 6.92 Å². The summed E-state index contributed by atoms with van der Waals surface area (Å²) in [7, 11) is 0. The van der Waals surface area contributed by atoms with Crippen LogP contribution in [0.5, 0.6) is 0 Å². The number of thioether (sulfide) groups is 1. The number of nitrogens with two attached hydrogens (primary N) is 1. The van der Waals surface area contributed by atoms with E-state index < -0.39 is 30.1 Å². The summed E-state index contributed by atoms with van der Waals surface area (Å²) < 4.78 is 13.8. The van der Waals surface area contributed by atoms with Gasteiger partial charge in [0.15, 0.2) is 0 Å². The van der Waals surface area contributed by atoms with Crippen LogP contribution in [0, 0.1) is 0 Å². The molecule has 0 saturated heterocycles. The fourth-order valence-corrected chi connectivity index (χ4v) is 1.33. The Balaban J connectivity index is 3.77. The topological polar surface area (TPSA) is 105 Å². The van der Waals surface area contributed by atoms with Crippen LogP contribution in [0.3, 0.4) is 0 Å². The highest BCUT2D eigenvalue weighted by Crippen LogP contribution is 2.08. The molecule has 18 heavy (non-hydrogen) atoms. The molecule has 0 bridgehead atoms. The molecule has 0 aromatic carbocycles. The van der Waals surface area contributed by atoms with Crippen LogP contribution in [-0.2, 0) is 23.8 Å². The largest absolute Gasteiger partial charge is 0.462 e. The highest BCUT2D eigenvalue weighted by atomic mass is 32.2. The SMILES string of the molecule is CC(=O)OCOC(=O)SC[C@H](N)C(=O)OC(C)C. The molecule has 0 amide bonds. The second-order valence-electron chi connectivity index (χ2n) is 3.55. The Morgan fingerprint density at radius 3 is 2.33 bits per heavy atom. The zero-order chi connectivity index (χ0) is 14.1. The van der Waals surface area contributed by atoms with E-state index in [-0.39, 0.29) is 11.9 Å². The number of rotatable bonds is 6. The van der Waals surface area contributed by atoms with Gasteiger partial charge in [-0.3, -0.25) is 9.59 Å². The number of carbonyl (C=O) groups is 3. The van der Waals surface area contributed by atoms with Crippen molar-refractivity contribution >= 4 is 29.0 Å². The van der Waals surface area contributed by atoms with Gasteiger partial charge >= 0.3 is 17.2 Å². The molecular weight excluding hydrogens is 262 g/mol. The Morgan fingerprint density at radius 2 is 1.83 bits per heavy atom. The maximum Gasteiger partial charge on any atom is 0.370 e. The van der Waals surface area contributed by atoms with Crippen LogP contribution in [-0.4, -0.2) is 41.9 Å². The minimum atomic E-state index is -0.904. The van der Waals surface area contributed by atoms with Crippen LogP contribution in [0.4, 0.5) is 4.79 Å². The Labute approximate surface area is 109 Å². The van der Waals surface area contributed by atoms with Gasteiger partial charge in [-0.25, -0.2) is 4.79 Å². The van der Waals surface area contributed by atoms with Gasteiger partial charge in [0.05, 0.1) is 6.10 Å². The summed E-state index contributed by atoms with van der Waals surface area (Å²) in [6.07, 6.45) is -0.260. The summed E-state index contributed by atoms with van der Waals surface area (Å²) in [5.41, 5.74) is 5.50. The van der Waals surface area contributed by atoms with E-state index in [0.29, 0.717) is 11.8 Å². The van der Waals surface area contributed by atoms with Gasteiger partial charge in [0.2, 0.25) is 6.79 Å². The van der Waals surface area contributed by atoms with Crippen LogP contribution >= 0.6 is 11.8 Å². The lowest BCUT2D eigenvalue weighted by Gasteiger charge is -2.12. The third-order valence-corrected chi connectivity index (χ3v) is 2.35. The fourth-order valence-electron chi connectivity index (χ4n) is 0.748. The normalized spacial score (nSPS) is 11.8. The second-order valence-corrected chi connectivity index (χ2v) is 4.51. The number of hydrogen-bond acceptors (Lipinski definition) is 8. The highest BCUT2D eigenvalue weighted by molar-refractivity contribution is 8.13. The van der Waals surface area contributed by atoms with Crippen molar-refractivity contribution in [3.8, 4) is 0 Å². The van der Waals surface area contributed by atoms with Gasteiger partial charge in [0.25, 0.3) is 0 Å². The summed E-state index contributed by atoms with van der Waals surface area (Å²) in [6.45, 7) is 4.14. The zero-order valence-corrected chi connectivity index (χ0v) is 11.3. The smallest absolute Gasteiger partial charge is 0.370 e. The predicted molar refractivity (Wildman–Crippen MR) is 64.8 cm³/mol. The molecule has 2 N–H and O–H groups in total. The monoisotopic (exact) mass is 279 g/mol. The summed E-state index contributed by atoms with van der Waals surface area (Å²) in [4.78, 5) is 32.8. The molecule has 0 unspecified atom stereocenters. The van der Waals surface area contributed by atoms with Crippen molar-refractivity contribution in [3.63, 3.8) is 0 Å². The molecule has 0 aromatic rings. The maximum atomic E-state index is 11.3. The molecule has 104 valence electrons. The third-order valence-electron chi connectivity index (χ3n) is 1.47. The molecule has 0 aromatic heterocycles. The van der Waals surface area contributed by atoms with Gasteiger partial charge in [-0.1, -0.05) is 0 Å². The van der Waals surface area contributed by atoms with Gasteiger partial charge in [-0.05, 0) is 25.6 Å². The van der Waals surface area contributed by atoms with Crippen molar-refractivity contribution in [2.45, 2.75) is 32.9 Å². The van der Waals surface area contributed by atoms with E-state index in [1.54, 1.807) is 13.8 Å². The summed E-state index contributed by atoms with van der Waals surface area (Å²) in [5.74, 6) is -1.10. The Hall–Kier alpha value is -1.28. The van der Waals surface area contributed by atoms with E-state index in [9.17, 15) is 14.4 Å². The van der Waals surface area contributed by atoms with Gasteiger partial charge in [-0.15, -0.1) is 0 Å². The average Bonchev–Trinajstić information content (AvgIpc) is 2.24. The average molecular weight is 279 g/mol. The number of carbonyl (C=O) groups excluding carboxylic acids is 3. The molecule has 0 aliphatic rings. The Bertz CT molecular complexity index is 307. The van der Waals surface area contributed by atoms with Crippen LogP contribution < -0.4 is 5.73 Å². The van der Waals surface area contributed by atoms with Crippen LogP contribution in [0.15, 0.2) is 0 Å². The van der Waals surface area contributed by atoms with Crippen LogP contribution in [0.1, 0.15) is 20.8 Å². The van der Waals surface area contributed by atoms with Crippen molar-refractivity contribution < 1.29 is 28.6 Å². The van der Waals surface area contributed by atoms with Gasteiger partial charge in [0.1, 0.15) is 6.04 Å². The van der Waals surface area contributed by atoms with Crippen molar-refractivity contribution in [2.24, 2.45) is 5.73 Å². The lowest BCUT2D eigenvalue weighted by atomic mass is 10.3. The minimum Gasteiger partial charge on any atom is -0.462 e. The first-order valence-corrected chi connectivity index (χ1v) is 6.20. The molecule has 1 atom stereocenters.